The summed E-state index contributed by atoms with van der Waals surface area (Å²) in [6.45, 7) is 0. The summed E-state index contributed by atoms with van der Waals surface area (Å²) in [5.74, 6) is -1.69. The van der Waals surface area contributed by atoms with Crippen molar-refractivity contribution in [3.05, 3.63) is 39.9 Å². The molecule has 9 nitrogen and oxygen atoms in total. The van der Waals surface area contributed by atoms with E-state index in [2.05, 4.69) is 14.8 Å². The average molecular weight is 338 g/mol. The molecule has 0 aliphatic rings. The molecule has 0 aromatic heterocycles. The minimum absolute atomic E-state index is 0.0736. The van der Waals surface area contributed by atoms with Gasteiger partial charge in [0.25, 0.3) is 5.69 Å². The van der Waals surface area contributed by atoms with E-state index in [4.69, 9.17) is 0 Å². The first-order valence-electron chi connectivity index (χ1n) is 7.04. The second-order valence-corrected chi connectivity index (χ2v) is 4.85. The Labute approximate surface area is 138 Å². The number of methoxy groups -OCH3 is 2. The number of nitro benzene ring substituents is 1. The number of hydrogen-bond donors (Lipinski definition) is 1. The number of rotatable bonds is 8. The van der Waals surface area contributed by atoms with Crippen LogP contribution in [0.15, 0.2) is 24.3 Å². The minimum Gasteiger partial charge on any atom is -0.469 e. The topological polar surface area (TPSA) is 125 Å². The zero-order chi connectivity index (χ0) is 18.1. The van der Waals surface area contributed by atoms with Crippen LogP contribution >= 0.6 is 0 Å². The summed E-state index contributed by atoms with van der Waals surface area (Å²) in [7, 11) is 2.40. The van der Waals surface area contributed by atoms with Gasteiger partial charge in [0, 0.05) is 25.0 Å². The Hall–Kier alpha value is -2.97. The summed E-state index contributed by atoms with van der Waals surface area (Å²) in [5, 5.41) is 13.1. The van der Waals surface area contributed by atoms with Crippen LogP contribution in [0, 0.1) is 10.1 Å². The van der Waals surface area contributed by atoms with E-state index < -0.39 is 28.8 Å². The van der Waals surface area contributed by atoms with Crippen molar-refractivity contribution in [2.75, 3.05) is 14.2 Å². The van der Waals surface area contributed by atoms with Crippen molar-refractivity contribution in [2.45, 2.75) is 25.3 Å². The van der Waals surface area contributed by atoms with Crippen molar-refractivity contribution in [1.29, 1.82) is 0 Å². The molecule has 1 N–H and O–H groups in total. The van der Waals surface area contributed by atoms with E-state index in [-0.39, 0.29) is 24.9 Å². The Kier molecular flexibility index (Phi) is 7.34. The summed E-state index contributed by atoms with van der Waals surface area (Å²) in [4.78, 5) is 44.7. The minimum atomic E-state index is -0.957. The molecule has 0 aliphatic carbocycles. The highest BCUT2D eigenvalue weighted by Gasteiger charge is 2.22. The Morgan fingerprint density at radius 3 is 2.25 bits per heavy atom. The monoisotopic (exact) mass is 338 g/mol. The highest BCUT2D eigenvalue weighted by Crippen LogP contribution is 2.13. The molecule has 0 bridgehead atoms. The van der Waals surface area contributed by atoms with E-state index >= 15 is 0 Å². The number of non-ortho nitro benzene ring substituents is 1. The number of esters is 2. The molecule has 1 atom stereocenters. The molecule has 0 spiro atoms. The van der Waals surface area contributed by atoms with Crippen molar-refractivity contribution >= 4 is 23.5 Å². The molecule has 0 fully saturated rings. The average Bonchev–Trinajstić information content (AvgIpc) is 2.58. The lowest BCUT2D eigenvalue weighted by molar-refractivity contribution is -0.384. The van der Waals surface area contributed by atoms with Crippen LogP contribution in [0.4, 0.5) is 5.69 Å². The maximum absolute atomic E-state index is 11.8. The normalized spacial score (nSPS) is 11.2. The van der Waals surface area contributed by atoms with Crippen molar-refractivity contribution in [3.63, 3.8) is 0 Å². The van der Waals surface area contributed by atoms with Crippen LogP contribution in [0.25, 0.3) is 0 Å². The molecule has 0 heterocycles. The highest BCUT2D eigenvalue weighted by molar-refractivity contribution is 5.86. The maximum atomic E-state index is 11.8. The van der Waals surface area contributed by atoms with E-state index in [0.717, 1.165) is 0 Å². The molecule has 9 heteroatoms. The third-order valence-electron chi connectivity index (χ3n) is 3.19. The highest BCUT2D eigenvalue weighted by atomic mass is 16.6. The third kappa shape index (κ3) is 6.03. The number of carbonyl (C=O) groups is 3. The predicted octanol–water partition coefficient (Wildman–Crippen LogP) is 0.748. The molecule has 24 heavy (non-hydrogen) atoms. The Balaban J connectivity index is 2.71. The molecule has 0 unspecified atom stereocenters. The second-order valence-electron chi connectivity index (χ2n) is 4.85. The number of nitrogens with zero attached hydrogens (tertiary/aromatic N) is 1. The summed E-state index contributed by atoms with van der Waals surface area (Å²) >= 11 is 0. The molecule has 0 saturated carbocycles. The van der Waals surface area contributed by atoms with Gasteiger partial charge in [0.2, 0.25) is 5.91 Å². The van der Waals surface area contributed by atoms with Gasteiger partial charge in [-0.05, 0) is 5.56 Å². The van der Waals surface area contributed by atoms with Gasteiger partial charge in [-0.1, -0.05) is 12.1 Å². The SMILES string of the molecule is COC(=O)CCC(=O)N[C@H](Cc1ccc([N+](=O)[O-])cc1)C(=O)OC. The van der Waals surface area contributed by atoms with Gasteiger partial charge in [-0.3, -0.25) is 19.7 Å². The number of hydrogen-bond acceptors (Lipinski definition) is 7. The largest absolute Gasteiger partial charge is 0.469 e. The molecular weight excluding hydrogens is 320 g/mol. The van der Waals surface area contributed by atoms with Gasteiger partial charge in [0.1, 0.15) is 6.04 Å². The molecule has 1 amide bonds. The Morgan fingerprint density at radius 1 is 1.12 bits per heavy atom. The van der Waals surface area contributed by atoms with Gasteiger partial charge in [0.05, 0.1) is 25.6 Å². The number of nitrogens with one attached hydrogen (secondary N) is 1. The van der Waals surface area contributed by atoms with Crippen LogP contribution in [0.1, 0.15) is 18.4 Å². The summed E-state index contributed by atoms with van der Waals surface area (Å²) in [6, 6.07) is 4.65. The van der Waals surface area contributed by atoms with Gasteiger partial charge in [-0.2, -0.15) is 0 Å². The first kappa shape index (κ1) is 19.1. The molecule has 1 aromatic rings. The standard InChI is InChI=1S/C15H18N2O7/c1-23-14(19)8-7-13(18)16-12(15(20)24-2)9-10-3-5-11(6-4-10)17(21)22/h3-6,12H,7-9H2,1-2H3,(H,16,18)/t12-/m1/s1. The van der Waals surface area contributed by atoms with Crippen LogP contribution in [-0.4, -0.2) is 43.0 Å². The second kappa shape index (κ2) is 9.23. The van der Waals surface area contributed by atoms with E-state index in [1.54, 1.807) is 0 Å². The fourth-order valence-corrected chi connectivity index (χ4v) is 1.91. The molecule has 0 radical (unpaired) electrons. The van der Waals surface area contributed by atoms with Crippen LogP contribution in [-0.2, 0) is 30.3 Å². The lowest BCUT2D eigenvalue weighted by Crippen LogP contribution is -2.43. The van der Waals surface area contributed by atoms with Crippen LogP contribution in [0.5, 0.6) is 0 Å². The van der Waals surface area contributed by atoms with E-state index in [1.807, 2.05) is 0 Å². The van der Waals surface area contributed by atoms with Crippen molar-refractivity contribution in [1.82, 2.24) is 5.32 Å². The van der Waals surface area contributed by atoms with E-state index in [0.29, 0.717) is 5.56 Å². The lowest BCUT2D eigenvalue weighted by Gasteiger charge is -2.16. The van der Waals surface area contributed by atoms with Crippen LogP contribution in [0.2, 0.25) is 0 Å². The van der Waals surface area contributed by atoms with Crippen molar-refractivity contribution < 1.29 is 28.8 Å². The van der Waals surface area contributed by atoms with Gasteiger partial charge < -0.3 is 14.8 Å². The molecule has 0 aliphatic heterocycles. The van der Waals surface area contributed by atoms with Crippen LogP contribution < -0.4 is 5.32 Å². The number of benzene rings is 1. The summed E-state index contributed by atoms with van der Waals surface area (Å²) in [5.41, 5.74) is 0.541. The zero-order valence-corrected chi connectivity index (χ0v) is 13.3. The zero-order valence-electron chi connectivity index (χ0n) is 13.3. The van der Waals surface area contributed by atoms with Crippen molar-refractivity contribution in [2.24, 2.45) is 0 Å². The number of amides is 1. The van der Waals surface area contributed by atoms with Crippen molar-refractivity contribution in [3.8, 4) is 0 Å². The van der Waals surface area contributed by atoms with Gasteiger partial charge in [-0.15, -0.1) is 0 Å². The van der Waals surface area contributed by atoms with E-state index in [1.165, 1.54) is 38.5 Å². The lowest BCUT2D eigenvalue weighted by atomic mass is 10.1. The maximum Gasteiger partial charge on any atom is 0.328 e. The molecule has 0 saturated heterocycles. The number of carbonyl (C=O) groups excluding carboxylic acids is 3. The van der Waals surface area contributed by atoms with E-state index in [9.17, 15) is 24.5 Å². The molecule has 130 valence electrons. The first-order chi connectivity index (χ1) is 11.4. The molecule has 1 aromatic carbocycles. The first-order valence-corrected chi connectivity index (χ1v) is 7.04. The Morgan fingerprint density at radius 2 is 1.75 bits per heavy atom. The van der Waals surface area contributed by atoms with Gasteiger partial charge in [-0.25, -0.2) is 4.79 Å². The van der Waals surface area contributed by atoms with Crippen LogP contribution in [0.3, 0.4) is 0 Å². The van der Waals surface area contributed by atoms with Gasteiger partial charge in [0.15, 0.2) is 0 Å². The molecule has 1 rings (SSSR count). The van der Waals surface area contributed by atoms with Gasteiger partial charge >= 0.3 is 11.9 Å². The quantitative estimate of drug-likeness (QED) is 0.421. The fourth-order valence-electron chi connectivity index (χ4n) is 1.91. The third-order valence-corrected chi connectivity index (χ3v) is 3.19. The number of ether oxygens (including phenoxy) is 2. The fraction of sp³-hybridized carbons (Fsp3) is 0.400. The summed E-state index contributed by atoms with van der Waals surface area (Å²) < 4.78 is 9.08. The number of nitro groups is 1. The Bertz CT molecular complexity index is 613. The predicted molar refractivity (Wildman–Crippen MR) is 82.0 cm³/mol. The smallest absolute Gasteiger partial charge is 0.328 e. The summed E-state index contributed by atoms with van der Waals surface area (Å²) in [6.07, 6.45) is -0.122. The molecular formula is C15H18N2O7.